The maximum atomic E-state index is 13.2. The van der Waals surface area contributed by atoms with Gasteiger partial charge in [0.25, 0.3) is 5.91 Å². The highest BCUT2D eigenvalue weighted by molar-refractivity contribution is 5.95. The summed E-state index contributed by atoms with van der Waals surface area (Å²) in [5.74, 6) is -2.00. The lowest BCUT2D eigenvalue weighted by Gasteiger charge is -2.27. The Bertz CT molecular complexity index is 530. The molecule has 20 heavy (non-hydrogen) atoms. The standard InChI is InChI=1S/C15H18FNO3/c1-9-5-6-11(16)8-13(9)14(18)17-12-4-2-3-10(7-12)15(19)20/h5-6,8,10,12H,2-4,7H2,1H3,(H,17,18)(H,19,20). The van der Waals surface area contributed by atoms with Crippen molar-refractivity contribution in [3.8, 4) is 0 Å². The van der Waals surface area contributed by atoms with E-state index in [2.05, 4.69) is 5.32 Å². The van der Waals surface area contributed by atoms with Crippen molar-refractivity contribution in [2.75, 3.05) is 0 Å². The predicted molar refractivity (Wildman–Crippen MR) is 72.0 cm³/mol. The number of amides is 1. The molecule has 0 radical (unpaired) electrons. The third-order valence-corrected chi connectivity index (χ3v) is 3.80. The second-order valence-corrected chi connectivity index (χ2v) is 5.33. The highest BCUT2D eigenvalue weighted by Gasteiger charge is 2.28. The minimum absolute atomic E-state index is 0.153. The minimum atomic E-state index is -0.814. The van der Waals surface area contributed by atoms with Crippen molar-refractivity contribution in [2.45, 2.75) is 38.6 Å². The van der Waals surface area contributed by atoms with Gasteiger partial charge in [-0.15, -0.1) is 0 Å². The lowest BCUT2D eigenvalue weighted by Crippen LogP contribution is -2.40. The lowest BCUT2D eigenvalue weighted by atomic mass is 9.85. The molecule has 5 heteroatoms. The van der Waals surface area contributed by atoms with Gasteiger partial charge in [0.15, 0.2) is 0 Å². The van der Waals surface area contributed by atoms with Crippen LogP contribution in [0.5, 0.6) is 0 Å². The number of benzene rings is 1. The Labute approximate surface area is 117 Å². The molecule has 1 saturated carbocycles. The second kappa shape index (κ2) is 6.03. The topological polar surface area (TPSA) is 66.4 Å². The van der Waals surface area contributed by atoms with Crippen LogP contribution in [0.3, 0.4) is 0 Å². The third kappa shape index (κ3) is 3.35. The summed E-state index contributed by atoms with van der Waals surface area (Å²) in [5, 5.41) is 11.8. The van der Waals surface area contributed by atoms with Gasteiger partial charge in [-0.25, -0.2) is 4.39 Å². The largest absolute Gasteiger partial charge is 0.481 e. The van der Waals surface area contributed by atoms with Crippen molar-refractivity contribution < 1.29 is 19.1 Å². The fourth-order valence-corrected chi connectivity index (χ4v) is 2.65. The summed E-state index contributed by atoms with van der Waals surface area (Å²) in [6.07, 6.45) is 2.64. The van der Waals surface area contributed by atoms with E-state index in [4.69, 9.17) is 5.11 Å². The van der Waals surface area contributed by atoms with Gasteiger partial charge in [0, 0.05) is 11.6 Å². The van der Waals surface area contributed by atoms with E-state index in [9.17, 15) is 14.0 Å². The van der Waals surface area contributed by atoms with Crippen LogP contribution in [0.1, 0.15) is 41.6 Å². The number of rotatable bonds is 3. The maximum absolute atomic E-state index is 13.2. The SMILES string of the molecule is Cc1ccc(F)cc1C(=O)NC1CCCC(C(=O)O)C1. The maximum Gasteiger partial charge on any atom is 0.306 e. The summed E-state index contributed by atoms with van der Waals surface area (Å²) in [5.41, 5.74) is 1.01. The molecule has 1 aliphatic rings. The Morgan fingerprint density at radius 2 is 2.10 bits per heavy atom. The summed E-state index contributed by atoms with van der Waals surface area (Å²) in [6.45, 7) is 1.75. The fourth-order valence-electron chi connectivity index (χ4n) is 2.65. The van der Waals surface area contributed by atoms with Gasteiger partial charge in [-0.3, -0.25) is 9.59 Å². The van der Waals surface area contributed by atoms with Crippen LogP contribution < -0.4 is 5.32 Å². The minimum Gasteiger partial charge on any atom is -0.481 e. The Morgan fingerprint density at radius 1 is 1.35 bits per heavy atom. The van der Waals surface area contributed by atoms with Crippen LogP contribution in [0, 0.1) is 18.7 Å². The summed E-state index contributed by atoms with van der Waals surface area (Å²) < 4.78 is 13.2. The smallest absolute Gasteiger partial charge is 0.306 e. The van der Waals surface area contributed by atoms with Crippen LogP contribution in [-0.4, -0.2) is 23.0 Å². The van der Waals surface area contributed by atoms with E-state index in [-0.39, 0.29) is 11.9 Å². The highest BCUT2D eigenvalue weighted by atomic mass is 19.1. The number of nitrogens with one attached hydrogen (secondary N) is 1. The van der Waals surface area contributed by atoms with Gasteiger partial charge in [-0.05, 0) is 43.9 Å². The first-order valence-corrected chi connectivity index (χ1v) is 6.77. The average Bonchev–Trinajstić information content (AvgIpc) is 2.41. The van der Waals surface area contributed by atoms with Gasteiger partial charge in [-0.2, -0.15) is 0 Å². The van der Waals surface area contributed by atoms with Gasteiger partial charge in [0.05, 0.1) is 5.92 Å². The van der Waals surface area contributed by atoms with Crippen LogP contribution >= 0.6 is 0 Å². The molecular formula is C15H18FNO3. The monoisotopic (exact) mass is 279 g/mol. The Morgan fingerprint density at radius 3 is 2.80 bits per heavy atom. The molecule has 4 nitrogen and oxygen atoms in total. The van der Waals surface area contributed by atoms with Crippen LogP contribution in [0.25, 0.3) is 0 Å². The van der Waals surface area contributed by atoms with E-state index < -0.39 is 17.7 Å². The second-order valence-electron chi connectivity index (χ2n) is 5.33. The molecule has 0 heterocycles. The molecule has 1 fully saturated rings. The van der Waals surface area contributed by atoms with E-state index in [1.807, 2.05) is 0 Å². The van der Waals surface area contributed by atoms with Gasteiger partial charge in [-0.1, -0.05) is 12.5 Å². The van der Waals surface area contributed by atoms with Crippen LogP contribution in [0.15, 0.2) is 18.2 Å². The van der Waals surface area contributed by atoms with Crippen LogP contribution in [0.4, 0.5) is 4.39 Å². The number of aryl methyl sites for hydroxylation is 1. The van der Waals surface area contributed by atoms with Gasteiger partial charge in [0.1, 0.15) is 5.82 Å². The molecule has 0 spiro atoms. The van der Waals surface area contributed by atoms with E-state index in [0.717, 1.165) is 12.8 Å². The van der Waals surface area contributed by atoms with Crippen molar-refractivity contribution in [3.63, 3.8) is 0 Å². The van der Waals surface area contributed by atoms with Crippen molar-refractivity contribution in [1.82, 2.24) is 5.32 Å². The summed E-state index contributed by atoms with van der Waals surface area (Å²) in [4.78, 5) is 23.1. The summed E-state index contributed by atoms with van der Waals surface area (Å²) in [6, 6.07) is 3.93. The van der Waals surface area contributed by atoms with Gasteiger partial charge in [0.2, 0.25) is 0 Å². The molecule has 1 aliphatic carbocycles. The van der Waals surface area contributed by atoms with E-state index in [1.54, 1.807) is 13.0 Å². The number of halogens is 1. The third-order valence-electron chi connectivity index (χ3n) is 3.80. The normalized spacial score (nSPS) is 22.3. The van der Waals surface area contributed by atoms with E-state index >= 15 is 0 Å². The van der Waals surface area contributed by atoms with Crippen LogP contribution in [-0.2, 0) is 4.79 Å². The highest BCUT2D eigenvalue weighted by Crippen LogP contribution is 2.25. The zero-order valence-electron chi connectivity index (χ0n) is 11.4. The van der Waals surface area contributed by atoms with Gasteiger partial charge < -0.3 is 10.4 Å². The number of carboxylic acids is 1. The average molecular weight is 279 g/mol. The molecule has 1 aromatic carbocycles. The number of hydrogen-bond donors (Lipinski definition) is 2. The number of aliphatic carboxylic acids is 1. The fraction of sp³-hybridized carbons (Fsp3) is 0.467. The molecule has 1 amide bonds. The first kappa shape index (κ1) is 14.5. The number of hydrogen-bond acceptors (Lipinski definition) is 2. The molecule has 0 aromatic heterocycles. The van der Waals surface area contributed by atoms with E-state index in [1.165, 1.54) is 12.1 Å². The number of carboxylic acid groups (broad SMARTS) is 1. The quantitative estimate of drug-likeness (QED) is 0.893. The van der Waals surface area contributed by atoms with Gasteiger partial charge >= 0.3 is 5.97 Å². The predicted octanol–water partition coefficient (Wildman–Crippen LogP) is 2.51. The summed E-state index contributed by atoms with van der Waals surface area (Å²) >= 11 is 0. The summed E-state index contributed by atoms with van der Waals surface area (Å²) in [7, 11) is 0. The molecule has 1 aromatic rings. The molecule has 2 N–H and O–H groups in total. The molecular weight excluding hydrogens is 261 g/mol. The Hall–Kier alpha value is -1.91. The zero-order chi connectivity index (χ0) is 14.7. The molecule has 108 valence electrons. The molecule has 2 unspecified atom stereocenters. The first-order valence-electron chi connectivity index (χ1n) is 6.77. The lowest BCUT2D eigenvalue weighted by molar-refractivity contribution is -0.143. The number of carbonyl (C=O) groups is 2. The molecule has 0 bridgehead atoms. The molecule has 2 rings (SSSR count). The Balaban J connectivity index is 2.04. The molecule has 2 atom stereocenters. The first-order chi connectivity index (χ1) is 9.47. The van der Waals surface area contributed by atoms with E-state index in [0.29, 0.717) is 24.0 Å². The number of carbonyl (C=O) groups excluding carboxylic acids is 1. The molecule has 0 saturated heterocycles. The van der Waals surface area contributed by atoms with Crippen molar-refractivity contribution >= 4 is 11.9 Å². The van der Waals surface area contributed by atoms with Crippen molar-refractivity contribution in [3.05, 3.63) is 35.1 Å². The van der Waals surface area contributed by atoms with Crippen molar-refractivity contribution in [1.29, 1.82) is 0 Å². The van der Waals surface area contributed by atoms with Crippen LogP contribution in [0.2, 0.25) is 0 Å². The molecule has 0 aliphatic heterocycles. The Kier molecular flexibility index (Phi) is 4.37. The van der Waals surface area contributed by atoms with Crippen molar-refractivity contribution in [2.24, 2.45) is 5.92 Å². The zero-order valence-corrected chi connectivity index (χ0v) is 11.4.